The fourth-order valence-electron chi connectivity index (χ4n) is 2.36. The summed E-state index contributed by atoms with van der Waals surface area (Å²) in [7, 11) is 0. The highest BCUT2D eigenvalue weighted by atomic mass is 19.1. The predicted octanol–water partition coefficient (Wildman–Crippen LogP) is 2.21. The summed E-state index contributed by atoms with van der Waals surface area (Å²) in [5.41, 5.74) is 0.442. The number of piperidine rings is 1. The van der Waals surface area contributed by atoms with E-state index in [2.05, 4.69) is 5.16 Å². The van der Waals surface area contributed by atoms with Crippen LogP contribution in [-0.4, -0.2) is 34.8 Å². The smallest absolute Gasteiger partial charge is 0.227 e. The van der Waals surface area contributed by atoms with Gasteiger partial charge in [-0.2, -0.15) is 0 Å². The molecule has 4 nitrogen and oxygen atoms in total. The van der Waals surface area contributed by atoms with E-state index in [0.717, 1.165) is 12.1 Å². The topological polar surface area (TPSA) is 52.9 Å². The van der Waals surface area contributed by atoms with Gasteiger partial charge in [-0.3, -0.25) is 4.79 Å². The largest absolute Gasteiger partial charge is 0.411 e. The Balaban J connectivity index is 2.06. The summed E-state index contributed by atoms with van der Waals surface area (Å²) in [5, 5.41) is 12.0. The molecular formula is C14H16F2N2O2. The number of rotatable bonds is 2. The van der Waals surface area contributed by atoms with E-state index in [1.807, 2.05) is 6.92 Å². The number of likely N-dealkylation sites (tertiary alicyclic amines) is 1. The fourth-order valence-corrected chi connectivity index (χ4v) is 2.36. The van der Waals surface area contributed by atoms with E-state index in [4.69, 9.17) is 5.21 Å². The first-order valence-corrected chi connectivity index (χ1v) is 6.44. The number of oxime groups is 1. The molecule has 1 atom stereocenters. The molecule has 1 unspecified atom stereocenters. The summed E-state index contributed by atoms with van der Waals surface area (Å²) >= 11 is 0. The lowest BCUT2D eigenvalue weighted by Gasteiger charge is -2.31. The fraction of sp³-hybridized carbons (Fsp3) is 0.429. The van der Waals surface area contributed by atoms with Crippen LogP contribution in [0.15, 0.2) is 23.4 Å². The van der Waals surface area contributed by atoms with Gasteiger partial charge in [-0.05, 0) is 12.1 Å². The van der Waals surface area contributed by atoms with Gasteiger partial charge in [0.25, 0.3) is 0 Å². The summed E-state index contributed by atoms with van der Waals surface area (Å²) in [6.07, 6.45) is 0.181. The SMILES string of the molecule is CC1CN(C(=O)Cc2c(F)cccc2F)CC/C1=N\O. The standard InChI is InChI=1S/C14H16F2N2O2/c1-9-8-18(6-5-13(9)17-20)14(19)7-10-11(15)3-2-4-12(10)16/h2-4,9,20H,5-8H2,1H3/b17-13+. The van der Waals surface area contributed by atoms with Crippen LogP contribution in [0.1, 0.15) is 18.9 Å². The highest BCUT2D eigenvalue weighted by Gasteiger charge is 2.26. The van der Waals surface area contributed by atoms with Crippen molar-refractivity contribution >= 4 is 11.6 Å². The summed E-state index contributed by atoms with van der Waals surface area (Å²) in [5.74, 6) is -1.79. The zero-order valence-electron chi connectivity index (χ0n) is 11.1. The summed E-state index contributed by atoms with van der Waals surface area (Å²) in [6, 6.07) is 3.55. The van der Waals surface area contributed by atoms with Crippen LogP contribution >= 0.6 is 0 Å². The molecule has 0 spiro atoms. The Bertz CT molecular complexity index is 526. The number of benzene rings is 1. The predicted molar refractivity (Wildman–Crippen MR) is 69.6 cm³/mol. The van der Waals surface area contributed by atoms with Gasteiger partial charge in [0.2, 0.25) is 5.91 Å². The van der Waals surface area contributed by atoms with Gasteiger partial charge in [0.05, 0.1) is 12.1 Å². The molecule has 0 bridgehead atoms. The maximum Gasteiger partial charge on any atom is 0.227 e. The van der Waals surface area contributed by atoms with Crippen LogP contribution in [0.3, 0.4) is 0 Å². The lowest BCUT2D eigenvalue weighted by atomic mass is 9.97. The van der Waals surface area contributed by atoms with E-state index in [1.54, 1.807) is 4.90 Å². The minimum Gasteiger partial charge on any atom is -0.411 e. The maximum absolute atomic E-state index is 13.5. The second-order valence-corrected chi connectivity index (χ2v) is 4.96. The lowest BCUT2D eigenvalue weighted by molar-refractivity contribution is -0.131. The van der Waals surface area contributed by atoms with Crippen LogP contribution in [0.5, 0.6) is 0 Å². The van der Waals surface area contributed by atoms with Gasteiger partial charge in [-0.25, -0.2) is 8.78 Å². The number of carbonyl (C=O) groups is 1. The third-order valence-electron chi connectivity index (χ3n) is 3.57. The van der Waals surface area contributed by atoms with Gasteiger partial charge in [0.1, 0.15) is 11.6 Å². The highest BCUT2D eigenvalue weighted by molar-refractivity contribution is 5.89. The first-order valence-electron chi connectivity index (χ1n) is 6.44. The Hall–Kier alpha value is -1.98. The maximum atomic E-state index is 13.5. The second kappa shape index (κ2) is 5.98. The van der Waals surface area contributed by atoms with E-state index in [9.17, 15) is 13.6 Å². The number of hydrogen-bond acceptors (Lipinski definition) is 3. The summed E-state index contributed by atoms with van der Waals surface area (Å²) < 4.78 is 27.0. The quantitative estimate of drug-likeness (QED) is 0.668. The van der Waals surface area contributed by atoms with E-state index in [1.165, 1.54) is 6.07 Å². The zero-order valence-corrected chi connectivity index (χ0v) is 11.1. The van der Waals surface area contributed by atoms with Crippen molar-refractivity contribution in [1.29, 1.82) is 0 Å². The molecule has 1 N–H and O–H groups in total. The molecule has 1 aromatic rings. The normalized spacial score (nSPS) is 21.2. The molecule has 1 saturated heterocycles. The average Bonchev–Trinajstić information content (AvgIpc) is 2.42. The lowest BCUT2D eigenvalue weighted by Crippen LogP contribution is -2.44. The molecule has 1 aromatic carbocycles. The van der Waals surface area contributed by atoms with Gasteiger partial charge in [-0.15, -0.1) is 0 Å². The van der Waals surface area contributed by atoms with Crippen molar-refractivity contribution in [1.82, 2.24) is 4.90 Å². The van der Waals surface area contributed by atoms with Crippen molar-refractivity contribution in [3.05, 3.63) is 35.4 Å². The monoisotopic (exact) mass is 282 g/mol. The molecule has 20 heavy (non-hydrogen) atoms. The van der Waals surface area contributed by atoms with Crippen LogP contribution in [0.4, 0.5) is 8.78 Å². The van der Waals surface area contributed by atoms with E-state index >= 15 is 0 Å². The van der Waals surface area contributed by atoms with Crippen molar-refractivity contribution in [3.63, 3.8) is 0 Å². The van der Waals surface area contributed by atoms with Crippen molar-refractivity contribution < 1.29 is 18.8 Å². The molecule has 6 heteroatoms. The van der Waals surface area contributed by atoms with Crippen LogP contribution in [0.2, 0.25) is 0 Å². The second-order valence-electron chi connectivity index (χ2n) is 4.96. The van der Waals surface area contributed by atoms with Gasteiger partial charge >= 0.3 is 0 Å². The molecule has 0 radical (unpaired) electrons. The van der Waals surface area contributed by atoms with Crippen molar-refractivity contribution in [2.24, 2.45) is 11.1 Å². The van der Waals surface area contributed by atoms with Crippen LogP contribution in [0.25, 0.3) is 0 Å². The Kier molecular flexibility index (Phi) is 4.32. The first-order chi connectivity index (χ1) is 9.52. The summed E-state index contributed by atoms with van der Waals surface area (Å²) in [6.45, 7) is 2.64. The van der Waals surface area contributed by atoms with E-state index in [-0.39, 0.29) is 23.8 Å². The molecule has 0 saturated carbocycles. The number of amides is 1. The minimum absolute atomic E-state index is 0.0526. The Morgan fingerprint density at radius 1 is 1.45 bits per heavy atom. The van der Waals surface area contributed by atoms with Gasteiger partial charge < -0.3 is 10.1 Å². The number of hydrogen-bond donors (Lipinski definition) is 1. The Morgan fingerprint density at radius 2 is 2.10 bits per heavy atom. The van der Waals surface area contributed by atoms with Crippen molar-refractivity contribution in [2.45, 2.75) is 19.8 Å². The molecule has 1 heterocycles. The van der Waals surface area contributed by atoms with Crippen molar-refractivity contribution in [2.75, 3.05) is 13.1 Å². The molecule has 1 fully saturated rings. The molecule has 2 rings (SSSR count). The molecule has 108 valence electrons. The molecule has 0 aromatic heterocycles. The van der Waals surface area contributed by atoms with Gasteiger partial charge in [0.15, 0.2) is 0 Å². The van der Waals surface area contributed by atoms with Crippen LogP contribution < -0.4 is 0 Å². The summed E-state index contributed by atoms with van der Waals surface area (Å²) in [4.78, 5) is 13.6. The molecule has 0 aliphatic carbocycles. The minimum atomic E-state index is -0.707. The highest BCUT2D eigenvalue weighted by Crippen LogP contribution is 2.18. The van der Waals surface area contributed by atoms with Gasteiger partial charge in [-0.1, -0.05) is 18.1 Å². The Labute approximate surface area is 115 Å². The third-order valence-corrected chi connectivity index (χ3v) is 3.57. The third kappa shape index (κ3) is 2.95. The number of carbonyl (C=O) groups excluding carboxylic acids is 1. The van der Waals surface area contributed by atoms with E-state index in [0.29, 0.717) is 25.2 Å². The molecule has 1 aliphatic rings. The Morgan fingerprint density at radius 3 is 2.65 bits per heavy atom. The molecule has 1 aliphatic heterocycles. The number of nitrogens with zero attached hydrogens (tertiary/aromatic N) is 2. The number of halogens is 2. The van der Waals surface area contributed by atoms with Gasteiger partial charge in [0, 0.05) is 31.0 Å². The average molecular weight is 282 g/mol. The molecule has 1 amide bonds. The zero-order chi connectivity index (χ0) is 14.7. The van der Waals surface area contributed by atoms with Crippen LogP contribution in [-0.2, 0) is 11.2 Å². The first kappa shape index (κ1) is 14.4. The molecular weight excluding hydrogens is 266 g/mol. The van der Waals surface area contributed by atoms with Crippen molar-refractivity contribution in [3.8, 4) is 0 Å². The van der Waals surface area contributed by atoms with Crippen LogP contribution in [0, 0.1) is 17.6 Å². The van der Waals surface area contributed by atoms with E-state index < -0.39 is 11.6 Å².